The lowest BCUT2D eigenvalue weighted by atomic mass is 9.91. The van der Waals surface area contributed by atoms with E-state index < -0.39 is 20.2 Å². The van der Waals surface area contributed by atoms with Crippen molar-refractivity contribution in [3.63, 3.8) is 0 Å². The molecule has 0 saturated heterocycles. The van der Waals surface area contributed by atoms with Crippen LogP contribution in [0.3, 0.4) is 0 Å². The van der Waals surface area contributed by atoms with Gasteiger partial charge in [-0.05, 0) is 42.9 Å². The topological polar surface area (TPSA) is 58.6 Å². The molecule has 4 nitrogen and oxygen atoms in total. The van der Waals surface area contributed by atoms with Crippen molar-refractivity contribution in [2.24, 2.45) is 0 Å². The molecular formula is C13H19NO3Si. The Labute approximate surface area is 108 Å². The van der Waals surface area contributed by atoms with Gasteiger partial charge in [-0.15, -0.1) is 0 Å². The maximum atomic E-state index is 11.2. The molecule has 0 aromatic heterocycles. The molecule has 0 spiro atoms. The zero-order valence-corrected chi connectivity index (χ0v) is 12.0. The molecule has 0 amide bonds. The Morgan fingerprint density at radius 2 is 2.17 bits per heavy atom. The normalized spacial score (nSPS) is 19.2. The van der Waals surface area contributed by atoms with Crippen LogP contribution in [0.2, 0.25) is 19.6 Å². The van der Waals surface area contributed by atoms with Gasteiger partial charge >= 0.3 is 5.97 Å². The van der Waals surface area contributed by atoms with E-state index in [4.69, 9.17) is 4.43 Å². The minimum Gasteiger partial charge on any atom is -0.544 e. The van der Waals surface area contributed by atoms with Gasteiger partial charge in [0.25, 0.3) is 0 Å². The summed E-state index contributed by atoms with van der Waals surface area (Å²) in [5.41, 5.74) is 1.94. The van der Waals surface area contributed by atoms with E-state index in [1.54, 1.807) is 0 Å². The van der Waals surface area contributed by atoms with Gasteiger partial charge in [-0.3, -0.25) is 4.79 Å². The van der Waals surface area contributed by atoms with Crippen LogP contribution in [0, 0.1) is 0 Å². The summed E-state index contributed by atoms with van der Waals surface area (Å²) in [6, 6.07) is 5.79. The van der Waals surface area contributed by atoms with Crippen molar-refractivity contribution in [1.82, 2.24) is 5.32 Å². The van der Waals surface area contributed by atoms with Crippen LogP contribution in [0.1, 0.15) is 17.0 Å². The summed E-state index contributed by atoms with van der Waals surface area (Å²) < 4.78 is 5.92. The van der Waals surface area contributed by atoms with E-state index in [0.717, 1.165) is 23.4 Å². The second kappa shape index (κ2) is 4.74. The average molecular weight is 265 g/mol. The van der Waals surface area contributed by atoms with Gasteiger partial charge in [-0.1, -0.05) is 6.07 Å². The van der Waals surface area contributed by atoms with Gasteiger partial charge in [0.15, 0.2) is 0 Å². The van der Waals surface area contributed by atoms with Crippen LogP contribution < -0.4 is 9.74 Å². The zero-order valence-electron chi connectivity index (χ0n) is 11.0. The second-order valence-electron chi connectivity index (χ2n) is 5.60. The number of benzene rings is 1. The molecule has 1 aliphatic rings. The smallest absolute Gasteiger partial charge is 0.312 e. The third kappa shape index (κ3) is 2.91. The Morgan fingerprint density at radius 3 is 2.78 bits per heavy atom. The molecule has 18 heavy (non-hydrogen) atoms. The number of hydrogen-bond donors (Lipinski definition) is 2. The van der Waals surface area contributed by atoms with Crippen molar-refractivity contribution >= 4 is 14.3 Å². The highest BCUT2D eigenvalue weighted by molar-refractivity contribution is 6.70. The Balaban J connectivity index is 2.34. The SMILES string of the molecule is C[Si](C)(C)Oc1ccc2c(c1)C(C(=O)O)CNC2. The van der Waals surface area contributed by atoms with Crippen LogP contribution in [0.5, 0.6) is 5.75 Å². The lowest BCUT2D eigenvalue weighted by Crippen LogP contribution is -2.33. The van der Waals surface area contributed by atoms with Crippen LogP contribution in [-0.4, -0.2) is 25.9 Å². The number of rotatable bonds is 3. The van der Waals surface area contributed by atoms with E-state index in [-0.39, 0.29) is 0 Å². The first-order valence-corrected chi connectivity index (χ1v) is 9.53. The van der Waals surface area contributed by atoms with Gasteiger partial charge in [0.05, 0.1) is 5.92 Å². The predicted octanol–water partition coefficient (Wildman–Crippen LogP) is 2.17. The number of carbonyl (C=O) groups is 1. The van der Waals surface area contributed by atoms with E-state index in [0.29, 0.717) is 6.54 Å². The Morgan fingerprint density at radius 1 is 1.44 bits per heavy atom. The number of aliphatic carboxylic acids is 1. The van der Waals surface area contributed by atoms with Crippen molar-refractivity contribution in [2.45, 2.75) is 32.1 Å². The van der Waals surface area contributed by atoms with E-state index in [1.807, 2.05) is 18.2 Å². The largest absolute Gasteiger partial charge is 0.544 e. The van der Waals surface area contributed by atoms with Crippen molar-refractivity contribution < 1.29 is 14.3 Å². The Kier molecular flexibility index (Phi) is 3.45. The van der Waals surface area contributed by atoms with Crippen LogP contribution >= 0.6 is 0 Å². The molecular weight excluding hydrogens is 246 g/mol. The molecule has 1 unspecified atom stereocenters. The molecule has 98 valence electrons. The first-order chi connectivity index (χ1) is 8.37. The fourth-order valence-corrected chi connectivity index (χ4v) is 2.99. The Hall–Kier alpha value is -1.33. The minimum atomic E-state index is -1.66. The molecule has 2 rings (SSSR count). The van der Waals surface area contributed by atoms with Gasteiger partial charge in [0.1, 0.15) is 5.75 Å². The fraction of sp³-hybridized carbons (Fsp3) is 0.462. The number of carboxylic acid groups (broad SMARTS) is 1. The third-order valence-electron chi connectivity index (χ3n) is 2.88. The summed E-state index contributed by atoms with van der Waals surface area (Å²) in [7, 11) is -1.66. The lowest BCUT2D eigenvalue weighted by Gasteiger charge is -2.26. The lowest BCUT2D eigenvalue weighted by molar-refractivity contribution is -0.138. The molecule has 1 aromatic carbocycles. The summed E-state index contributed by atoms with van der Waals surface area (Å²) >= 11 is 0. The molecule has 5 heteroatoms. The predicted molar refractivity (Wildman–Crippen MR) is 72.5 cm³/mol. The molecule has 0 aliphatic carbocycles. The van der Waals surface area contributed by atoms with E-state index in [1.165, 1.54) is 0 Å². The molecule has 1 heterocycles. The van der Waals surface area contributed by atoms with Crippen molar-refractivity contribution in [1.29, 1.82) is 0 Å². The van der Waals surface area contributed by atoms with Crippen LogP contribution in [0.25, 0.3) is 0 Å². The van der Waals surface area contributed by atoms with Crippen molar-refractivity contribution in [3.8, 4) is 5.75 Å². The molecule has 0 fully saturated rings. The van der Waals surface area contributed by atoms with Gasteiger partial charge in [0, 0.05) is 13.1 Å². The first-order valence-electron chi connectivity index (χ1n) is 6.12. The maximum Gasteiger partial charge on any atom is 0.312 e. The van der Waals surface area contributed by atoms with Gasteiger partial charge in [0.2, 0.25) is 8.32 Å². The van der Waals surface area contributed by atoms with Crippen LogP contribution in [0.4, 0.5) is 0 Å². The first kappa shape index (κ1) is 13.1. The monoisotopic (exact) mass is 265 g/mol. The number of nitrogens with one attached hydrogen (secondary N) is 1. The van der Waals surface area contributed by atoms with E-state index >= 15 is 0 Å². The fourth-order valence-electron chi connectivity index (χ4n) is 2.16. The highest BCUT2D eigenvalue weighted by atomic mass is 28.4. The summed E-state index contributed by atoms with van der Waals surface area (Å²) in [6.45, 7) is 7.55. The van der Waals surface area contributed by atoms with Gasteiger partial charge < -0.3 is 14.8 Å². The molecule has 1 atom stereocenters. The highest BCUT2D eigenvalue weighted by Gasteiger charge is 2.27. The third-order valence-corrected chi connectivity index (χ3v) is 3.73. The van der Waals surface area contributed by atoms with Crippen LogP contribution in [0.15, 0.2) is 18.2 Å². The zero-order chi connectivity index (χ0) is 13.3. The molecule has 1 aromatic rings. The number of fused-ring (bicyclic) bond motifs is 1. The number of hydrogen-bond acceptors (Lipinski definition) is 3. The van der Waals surface area contributed by atoms with Crippen molar-refractivity contribution in [2.75, 3.05) is 6.54 Å². The van der Waals surface area contributed by atoms with Crippen LogP contribution in [-0.2, 0) is 11.3 Å². The molecule has 1 aliphatic heterocycles. The Bertz CT molecular complexity index is 468. The van der Waals surface area contributed by atoms with E-state index in [2.05, 4.69) is 25.0 Å². The van der Waals surface area contributed by atoms with Gasteiger partial charge in [-0.2, -0.15) is 0 Å². The maximum absolute atomic E-state index is 11.2. The molecule has 0 radical (unpaired) electrons. The summed E-state index contributed by atoms with van der Waals surface area (Å²) in [6.07, 6.45) is 0. The molecule has 0 saturated carbocycles. The van der Waals surface area contributed by atoms with Gasteiger partial charge in [-0.25, -0.2) is 0 Å². The molecule has 0 bridgehead atoms. The average Bonchev–Trinajstić information content (AvgIpc) is 2.25. The number of carboxylic acids is 1. The highest BCUT2D eigenvalue weighted by Crippen LogP contribution is 2.29. The summed E-state index contributed by atoms with van der Waals surface area (Å²) in [5, 5.41) is 12.4. The second-order valence-corrected chi connectivity index (χ2v) is 10.0. The van der Waals surface area contributed by atoms with E-state index in [9.17, 15) is 9.90 Å². The summed E-state index contributed by atoms with van der Waals surface area (Å²) in [5.74, 6) is -0.464. The minimum absolute atomic E-state index is 0.473. The standard InChI is InChI=1S/C13H19NO3Si/c1-18(2,3)17-10-5-4-9-7-14-8-12(13(15)16)11(9)6-10/h4-6,12,14H,7-8H2,1-3H3,(H,15,16). The van der Waals surface area contributed by atoms with Crippen molar-refractivity contribution in [3.05, 3.63) is 29.3 Å². The molecule has 2 N–H and O–H groups in total. The quantitative estimate of drug-likeness (QED) is 0.822. The summed E-state index contributed by atoms with van der Waals surface area (Å²) in [4.78, 5) is 11.2.